The number of nitrogens with one attached hydrogen (secondary N) is 1. The highest BCUT2D eigenvalue weighted by Gasteiger charge is 2.12. The first-order valence-electron chi connectivity index (χ1n) is 8.49. The van der Waals surface area contributed by atoms with Crippen LogP contribution >= 0.6 is 24.8 Å². The van der Waals surface area contributed by atoms with Gasteiger partial charge in [0.05, 0.1) is 0 Å². The van der Waals surface area contributed by atoms with Crippen molar-refractivity contribution in [1.29, 1.82) is 0 Å². The number of hydrogen-bond donors (Lipinski definition) is 2. The Morgan fingerprint density at radius 3 is 2.43 bits per heavy atom. The molecule has 1 amide bonds. The van der Waals surface area contributed by atoms with E-state index in [4.69, 9.17) is 5.73 Å². The Morgan fingerprint density at radius 2 is 1.82 bits per heavy atom. The lowest BCUT2D eigenvalue weighted by Gasteiger charge is -2.15. The predicted molar refractivity (Wildman–Crippen MR) is 113 cm³/mol. The van der Waals surface area contributed by atoms with Crippen LogP contribution in [0.1, 0.15) is 47.3 Å². The van der Waals surface area contributed by atoms with Crippen molar-refractivity contribution in [3.8, 4) is 5.82 Å². The number of carbonyl (C=O) groups excluding carboxylic acids is 1. The molecule has 2 aromatic heterocycles. The molecule has 0 saturated heterocycles. The van der Waals surface area contributed by atoms with Gasteiger partial charge in [-0.3, -0.25) is 4.79 Å². The smallest absolute Gasteiger partial charge is 0.251 e. The number of aromatic nitrogens is 4. The number of rotatable bonds is 6. The first-order valence-corrected chi connectivity index (χ1v) is 8.49. The van der Waals surface area contributed by atoms with Gasteiger partial charge in [0.1, 0.15) is 12.7 Å². The van der Waals surface area contributed by atoms with E-state index in [-0.39, 0.29) is 36.8 Å². The number of nitrogens with two attached hydrogens (primary N) is 1. The van der Waals surface area contributed by atoms with Crippen LogP contribution in [0, 0.1) is 0 Å². The van der Waals surface area contributed by atoms with E-state index >= 15 is 0 Å². The van der Waals surface area contributed by atoms with Crippen molar-refractivity contribution in [3.05, 3.63) is 71.9 Å². The van der Waals surface area contributed by atoms with E-state index in [1.807, 2.05) is 12.1 Å². The van der Waals surface area contributed by atoms with E-state index in [2.05, 4.69) is 46.4 Å². The number of carbonyl (C=O) groups is 1. The summed E-state index contributed by atoms with van der Waals surface area (Å²) in [5.74, 6) is 0.803. The highest BCUT2D eigenvalue weighted by atomic mass is 35.5. The molecule has 9 heteroatoms. The van der Waals surface area contributed by atoms with Crippen molar-refractivity contribution < 1.29 is 4.79 Å². The van der Waals surface area contributed by atoms with Crippen LogP contribution in [0.25, 0.3) is 5.82 Å². The monoisotopic (exact) mass is 422 g/mol. The molecule has 0 aliphatic heterocycles. The Balaban J connectivity index is 0.00000196. The van der Waals surface area contributed by atoms with E-state index in [1.165, 1.54) is 22.9 Å². The third-order valence-corrected chi connectivity index (χ3v) is 4.17. The third kappa shape index (κ3) is 5.76. The van der Waals surface area contributed by atoms with E-state index < -0.39 is 0 Å². The molecule has 0 aliphatic carbocycles. The molecule has 1 atom stereocenters. The van der Waals surface area contributed by atoms with Crippen molar-refractivity contribution in [3.63, 3.8) is 0 Å². The van der Waals surface area contributed by atoms with Gasteiger partial charge in [-0.25, -0.2) is 14.6 Å². The van der Waals surface area contributed by atoms with Gasteiger partial charge in [-0.15, -0.1) is 24.8 Å². The quantitative estimate of drug-likeness (QED) is 0.635. The summed E-state index contributed by atoms with van der Waals surface area (Å²) in [6.45, 7) is 4.65. The molecule has 7 nitrogen and oxygen atoms in total. The summed E-state index contributed by atoms with van der Waals surface area (Å²) in [6.07, 6.45) is 4.51. The van der Waals surface area contributed by atoms with Gasteiger partial charge in [-0.05, 0) is 29.2 Å². The lowest BCUT2D eigenvalue weighted by Crippen LogP contribution is -2.32. The largest absolute Gasteiger partial charge is 0.350 e. The zero-order valence-corrected chi connectivity index (χ0v) is 17.3. The topological polar surface area (TPSA) is 98.7 Å². The molecule has 3 rings (SSSR count). The number of halogens is 2. The van der Waals surface area contributed by atoms with Gasteiger partial charge >= 0.3 is 0 Å². The summed E-state index contributed by atoms with van der Waals surface area (Å²) in [4.78, 5) is 20.5. The van der Waals surface area contributed by atoms with Gasteiger partial charge in [-0.1, -0.05) is 38.1 Å². The zero-order valence-electron chi connectivity index (χ0n) is 15.6. The standard InChI is InChI=1S/C19H22N6O.2ClH/c1-13(2)14-3-5-15(6-4-14)17(20)10-23-19(26)16-7-8-22-18(9-16)25-12-21-11-24-25;;/h3-9,11-13,17H,10,20H2,1-2H3,(H,23,26);2*1H. The molecule has 0 aliphatic rings. The van der Waals surface area contributed by atoms with Gasteiger partial charge < -0.3 is 11.1 Å². The van der Waals surface area contributed by atoms with E-state index in [0.717, 1.165) is 5.56 Å². The van der Waals surface area contributed by atoms with Crippen molar-refractivity contribution in [2.24, 2.45) is 5.73 Å². The molecule has 0 fully saturated rings. The first-order chi connectivity index (χ1) is 12.5. The summed E-state index contributed by atoms with van der Waals surface area (Å²) in [5, 5.41) is 6.88. The summed E-state index contributed by atoms with van der Waals surface area (Å²) in [6, 6.07) is 11.2. The molecule has 1 aromatic carbocycles. The maximum atomic E-state index is 12.4. The second kappa shape index (κ2) is 10.8. The van der Waals surface area contributed by atoms with Crippen LogP contribution in [-0.4, -0.2) is 32.2 Å². The third-order valence-electron chi connectivity index (χ3n) is 4.17. The zero-order chi connectivity index (χ0) is 18.5. The fourth-order valence-corrected chi connectivity index (χ4v) is 2.56. The first kappa shape index (κ1) is 23.6. The average Bonchev–Trinajstić information content (AvgIpc) is 3.21. The number of benzene rings is 1. The second-order valence-electron chi connectivity index (χ2n) is 6.38. The molecule has 0 bridgehead atoms. The second-order valence-corrected chi connectivity index (χ2v) is 6.38. The Morgan fingerprint density at radius 1 is 1.14 bits per heavy atom. The highest BCUT2D eigenvalue weighted by molar-refractivity contribution is 5.94. The number of hydrogen-bond acceptors (Lipinski definition) is 5. The predicted octanol–water partition coefficient (Wildman–Crippen LogP) is 3.06. The van der Waals surface area contributed by atoms with Crippen LogP contribution in [0.2, 0.25) is 0 Å². The van der Waals surface area contributed by atoms with Crippen LogP contribution in [-0.2, 0) is 0 Å². The lowest BCUT2D eigenvalue weighted by atomic mass is 9.99. The van der Waals surface area contributed by atoms with Crippen LogP contribution in [0.3, 0.4) is 0 Å². The molecule has 0 saturated carbocycles. The average molecular weight is 423 g/mol. The van der Waals surface area contributed by atoms with Crippen LogP contribution in [0.5, 0.6) is 0 Å². The number of nitrogens with zero attached hydrogens (tertiary/aromatic N) is 4. The molecular formula is C19H24Cl2N6O. The molecule has 150 valence electrons. The van der Waals surface area contributed by atoms with E-state index in [1.54, 1.807) is 18.3 Å². The van der Waals surface area contributed by atoms with Crippen LogP contribution in [0.15, 0.2) is 55.2 Å². The van der Waals surface area contributed by atoms with E-state index in [0.29, 0.717) is 23.8 Å². The van der Waals surface area contributed by atoms with Gasteiger partial charge in [0.15, 0.2) is 5.82 Å². The molecule has 2 heterocycles. The van der Waals surface area contributed by atoms with Gasteiger partial charge in [0.25, 0.3) is 5.91 Å². The van der Waals surface area contributed by atoms with Crippen molar-refractivity contribution in [2.75, 3.05) is 6.54 Å². The summed E-state index contributed by atoms with van der Waals surface area (Å²) >= 11 is 0. The van der Waals surface area contributed by atoms with Gasteiger partial charge in [0.2, 0.25) is 0 Å². The SMILES string of the molecule is CC(C)c1ccc(C(N)CNC(=O)c2ccnc(-n3cncn3)c2)cc1.Cl.Cl. The Bertz CT molecular complexity index is 868. The molecule has 3 N–H and O–H groups in total. The summed E-state index contributed by atoms with van der Waals surface area (Å²) in [7, 11) is 0. The minimum Gasteiger partial charge on any atom is -0.350 e. The Kier molecular flexibility index (Phi) is 9.05. The number of amides is 1. The summed E-state index contributed by atoms with van der Waals surface area (Å²) in [5.41, 5.74) is 8.96. The van der Waals surface area contributed by atoms with Crippen LogP contribution < -0.4 is 11.1 Å². The fraction of sp³-hybridized carbons (Fsp3) is 0.263. The Hall–Kier alpha value is -2.48. The van der Waals surface area contributed by atoms with Crippen molar-refractivity contribution in [2.45, 2.75) is 25.8 Å². The van der Waals surface area contributed by atoms with Crippen molar-refractivity contribution in [1.82, 2.24) is 25.1 Å². The molecule has 0 spiro atoms. The molecule has 1 unspecified atom stereocenters. The molecule has 28 heavy (non-hydrogen) atoms. The maximum absolute atomic E-state index is 12.4. The van der Waals surface area contributed by atoms with Crippen molar-refractivity contribution >= 4 is 30.7 Å². The molecule has 0 radical (unpaired) electrons. The summed E-state index contributed by atoms with van der Waals surface area (Å²) < 4.78 is 1.50. The maximum Gasteiger partial charge on any atom is 0.251 e. The minimum absolute atomic E-state index is 0. The molecule has 3 aromatic rings. The fourth-order valence-electron chi connectivity index (χ4n) is 2.56. The lowest BCUT2D eigenvalue weighted by molar-refractivity contribution is 0.0951. The van der Waals surface area contributed by atoms with Gasteiger partial charge in [-0.2, -0.15) is 5.10 Å². The Labute approximate surface area is 176 Å². The normalized spacial score (nSPS) is 11.3. The minimum atomic E-state index is -0.267. The van der Waals surface area contributed by atoms with Crippen LogP contribution in [0.4, 0.5) is 0 Å². The highest BCUT2D eigenvalue weighted by Crippen LogP contribution is 2.17. The number of pyridine rings is 1. The van der Waals surface area contributed by atoms with Gasteiger partial charge in [0, 0.05) is 24.3 Å². The van der Waals surface area contributed by atoms with E-state index in [9.17, 15) is 4.79 Å². The molecular weight excluding hydrogens is 399 g/mol.